The van der Waals surface area contributed by atoms with Gasteiger partial charge in [-0.05, 0) is 48.6 Å². The largest absolute Gasteiger partial charge is 0.433 e. The fraction of sp³-hybridized carbons (Fsp3) is 0.370. The minimum Gasteiger partial charge on any atom is -0.323 e. The van der Waals surface area contributed by atoms with Crippen LogP contribution in [0.2, 0.25) is 10.0 Å². The zero-order valence-electron chi connectivity index (χ0n) is 19.7. The topological polar surface area (TPSA) is 49.3 Å². The van der Waals surface area contributed by atoms with Crippen LogP contribution in [0.15, 0.2) is 54.9 Å². The number of carbonyl (C=O) groups excluding carboxylic acids is 1. The molecule has 5 nitrogen and oxygen atoms in total. The minimum absolute atomic E-state index is 0.0473. The summed E-state index contributed by atoms with van der Waals surface area (Å²) in [5, 5.41) is 1.16. The molecular formula is C27H23Cl2F3N4O. The molecule has 192 valence electrons. The summed E-state index contributed by atoms with van der Waals surface area (Å²) in [6.07, 6.45) is 0.468. The first-order chi connectivity index (χ1) is 17.6. The first-order valence-corrected chi connectivity index (χ1v) is 12.8. The van der Waals surface area contributed by atoms with Gasteiger partial charge in [-0.2, -0.15) is 13.2 Å². The van der Waals surface area contributed by atoms with Gasteiger partial charge in [0.15, 0.2) is 0 Å². The molecule has 3 aliphatic rings. The normalized spacial score (nSPS) is 19.4. The van der Waals surface area contributed by atoms with Gasteiger partial charge >= 0.3 is 12.2 Å². The Morgan fingerprint density at radius 3 is 2.27 bits per heavy atom. The molecule has 37 heavy (non-hydrogen) atoms. The highest BCUT2D eigenvalue weighted by molar-refractivity contribution is 6.36. The van der Waals surface area contributed by atoms with Gasteiger partial charge in [-0.15, -0.1) is 0 Å². The lowest BCUT2D eigenvalue weighted by Crippen LogP contribution is -2.67. The van der Waals surface area contributed by atoms with Gasteiger partial charge in [0.1, 0.15) is 5.69 Å². The van der Waals surface area contributed by atoms with Crippen molar-refractivity contribution in [3.63, 3.8) is 0 Å². The number of nitrogens with zero attached hydrogens (tertiary/aromatic N) is 4. The molecule has 1 saturated carbocycles. The Morgan fingerprint density at radius 2 is 1.68 bits per heavy atom. The number of likely N-dealkylation sites (tertiary alicyclic amines) is 2. The molecule has 1 spiro atoms. The summed E-state index contributed by atoms with van der Waals surface area (Å²) in [5.74, 6) is 0.409. The molecule has 1 aliphatic carbocycles. The molecule has 2 amide bonds. The molecule has 0 bridgehead atoms. The van der Waals surface area contributed by atoms with Gasteiger partial charge in [0.25, 0.3) is 0 Å². The summed E-state index contributed by atoms with van der Waals surface area (Å²) in [4.78, 5) is 24.8. The lowest BCUT2D eigenvalue weighted by atomic mass is 9.56. The predicted octanol–water partition coefficient (Wildman–Crippen LogP) is 6.87. The number of benzene rings is 1. The molecule has 2 aromatic heterocycles. The van der Waals surface area contributed by atoms with Crippen LogP contribution in [0.25, 0.3) is 11.1 Å². The lowest BCUT2D eigenvalue weighted by Gasteiger charge is -2.60. The SMILES string of the molecule is O=C(N1CC(c2ccc(-c3ccc(Cl)cc3Cl)cn2)C1)N1CC2(CC(c3ccc(C(F)(F)F)nc3)C2)C1. The van der Waals surface area contributed by atoms with Crippen molar-refractivity contribution >= 4 is 29.2 Å². The molecule has 4 heterocycles. The van der Waals surface area contributed by atoms with E-state index in [1.54, 1.807) is 18.3 Å². The van der Waals surface area contributed by atoms with Crippen LogP contribution in [0.4, 0.5) is 18.0 Å². The number of urea groups is 1. The van der Waals surface area contributed by atoms with Crippen LogP contribution in [0.1, 0.15) is 41.6 Å². The number of halogens is 5. The first kappa shape index (κ1) is 24.5. The molecule has 1 aromatic carbocycles. The average molecular weight is 547 g/mol. The molecule has 2 saturated heterocycles. The molecule has 10 heteroatoms. The van der Waals surface area contributed by atoms with E-state index in [-0.39, 0.29) is 23.3 Å². The summed E-state index contributed by atoms with van der Waals surface area (Å²) < 4.78 is 38.2. The Balaban J connectivity index is 0.978. The zero-order valence-corrected chi connectivity index (χ0v) is 21.2. The fourth-order valence-corrected chi connectivity index (χ4v) is 6.26. The maximum absolute atomic E-state index is 12.9. The summed E-state index contributed by atoms with van der Waals surface area (Å²) >= 11 is 12.3. The van der Waals surface area contributed by atoms with E-state index in [4.69, 9.17) is 23.2 Å². The predicted molar refractivity (Wildman–Crippen MR) is 135 cm³/mol. The third-order valence-corrected chi connectivity index (χ3v) is 8.38. The zero-order chi connectivity index (χ0) is 25.9. The van der Waals surface area contributed by atoms with E-state index >= 15 is 0 Å². The van der Waals surface area contributed by atoms with Crippen LogP contribution in [-0.2, 0) is 6.18 Å². The van der Waals surface area contributed by atoms with E-state index < -0.39 is 11.9 Å². The first-order valence-electron chi connectivity index (χ1n) is 12.1. The molecule has 3 aromatic rings. The Bertz CT molecular complexity index is 1330. The summed E-state index contributed by atoms with van der Waals surface area (Å²) in [7, 11) is 0. The van der Waals surface area contributed by atoms with Crippen LogP contribution >= 0.6 is 23.2 Å². The van der Waals surface area contributed by atoms with Gasteiger partial charge in [-0.3, -0.25) is 9.97 Å². The van der Waals surface area contributed by atoms with Crippen molar-refractivity contribution in [3.05, 3.63) is 81.9 Å². The molecule has 2 aliphatic heterocycles. The molecule has 3 fully saturated rings. The van der Waals surface area contributed by atoms with Crippen LogP contribution in [0, 0.1) is 5.41 Å². The van der Waals surface area contributed by atoms with Crippen molar-refractivity contribution in [2.75, 3.05) is 26.2 Å². The highest BCUT2D eigenvalue weighted by Gasteiger charge is 2.55. The summed E-state index contributed by atoms with van der Waals surface area (Å²) in [5.41, 5.74) is 2.80. The summed E-state index contributed by atoms with van der Waals surface area (Å²) in [6, 6.07) is 12.0. The van der Waals surface area contributed by atoms with E-state index in [9.17, 15) is 18.0 Å². The Morgan fingerprint density at radius 1 is 0.919 bits per heavy atom. The molecule has 0 unspecified atom stereocenters. The standard InChI is InChI=1S/C27H23Cl2F3N4O/c28-20-3-4-21(22(29)7-20)17-1-5-23(33-11-17)19-12-35(13-19)25(37)36-14-26(15-36)8-18(9-26)16-2-6-24(34-10-16)27(30,31)32/h1-7,10-11,18-19H,8-9,12-15H2. The number of carbonyl (C=O) groups is 1. The van der Waals surface area contributed by atoms with Gasteiger partial charge in [0.2, 0.25) is 0 Å². The van der Waals surface area contributed by atoms with Gasteiger partial charge in [0, 0.05) is 76.8 Å². The van der Waals surface area contributed by atoms with Gasteiger partial charge in [0.05, 0.1) is 0 Å². The number of rotatable bonds is 3. The van der Waals surface area contributed by atoms with Crippen molar-refractivity contribution in [1.82, 2.24) is 19.8 Å². The van der Waals surface area contributed by atoms with Crippen molar-refractivity contribution in [3.8, 4) is 11.1 Å². The van der Waals surface area contributed by atoms with Crippen molar-refractivity contribution in [2.45, 2.75) is 30.9 Å². The van der Waals surface area contributed by atoms with E-state index in [2.05, 4.69) is 9.97 Å². The van der Waals surface area contributed by atoms with Gasteiger partial charge in [-0.1, -0.05) is 41.4 Å². The van der Waals surface area contributed by atoms with E-state index in [1.165, 1.54) is 12.3 Å². The maximum Gasteiger partial charge on any atom is 0.433 e. The number of hydrogen-bond donors (Lipinski definition) is 0. The van der Waals surface area contributed by atoms with Crippen LogP contribution < -0.4 is 0 Å². The van der Waals surface area contributed by atoms with Crippen LogP contribution in [-0.4, -0.2) is 52.0 Å². The Kier molecular flexibility index (Phi) is 5.88. The molecule has 0 radical (unpaired) electrons. The quantitative estimate of drug-likeness (QED) is 0.360. The highest BCUT2D eigenvalue weighted by atomic mass is 35.5. The van der Waals surface area contributed by atoms with E-state index in [0.717, 1.165) is 41.3 Å². The molecule has 0 N–H and O–H groups in total. The van der Waals surface area contributed by atoms with Gasteiger partial charge < -0.3 is 9.80 Å². The van der Waals surface area contributed by atoms with Crippen molar-refractivity contribution in [2.24, 2.45) is 5.41 Å². The van der Waals surface area contributed by atoms with Crippen LogP contribution in [0.5, 0.6) is 0 Å². The maximum atomic E-state index is 12.9. The Labute approximate surface area is 222 Å². The van der Waals surface area contributed by atoms with E-state index in [0.29, 0.717) is 36.2 Å². The second kappa shape index (κ2) is 8.88. The van der Waals surface area contributed by atoms with Crippen LogP contribution in [0.3, 0.4) is 0 Å². The average Bonchev–Trinajstić information content (AvgIpc) is 2.77. The smallest absolute Gasteiger partial charge is 0.323 e. The highest BCUT2D eigenvalue weighted by Crippen LogP contribution is 2.56. The fourth-order valence-electron chi connectivity index (χ4n) is 5.74. The number of alkyl halides is 3. The number of pyridine rings is 2. The Hall–Kier alpha value is -2.84. The molecular weight excluding hydrogens is 524 g/mol. The second-order valence-corrected chi connectivity index (χ2v) is 11.3. The van der Waals surface area contributed by atoms with Crippen molar-refractivity contribution in [1.29, 1.82) is 0 Å². The summed E-state index contributed by atoms with van der Waals surface area (Å²) in [6.45, 7) is 2.67. The molecule has 0 atom stereocenters. The second-order valence-electron chi connectivity index (χ2n) is 10.4. The minimum atomic E-state index is -4.42. The van der Waals surface area contributed by atoms with Gasteiger partial charge in [-0.25, -0.2) is 4.79 Å². The van der Waals surface area contributed by atoms with Crippen molar-refractivity contribution < 1.29 is 18.0 Å². The number of amides is 2. The monoisotopic (exact) mass is 546 g/mol. The molecule has 6 rings (SSSR count). The third-order valence-electron chi connectivity index (χ3n) is 7.83. The van der Waals surface area contributed by atoms with E-state index in [1.807, 2.05) is 28.0 Å². The number of aromatic nitrogens is 2. The number of hydrogen-bond acceptors (Lipinski definition) is 3. The third kappa shape index (κ3) is 4.55. The lowest BCUT2D eigenvalue weighted by molar-refractivity contribution is -0.141.